The molecular weight excluding hydrogens is 212 g/mol. The first-order chi connectivity index (χ1) is 5.97. The Hall–Kier alpha value is -0.680. The third-order valence-corrected chi connectivity index (χ3v) is 3.35. The van der Waals surface area contributed by atoms with Gasteiger partial charge in [0.2, 0.25) is 15.0 Å². The summed E-state index contributed by atoms with van der Waals surface area (Å²) >= 11 is 5.60. The minimum atomic E-state index is -3.35. The van der Waals surface area contributed by atoms with E-state index in [0.717, 1.165) is 0 Å². The van der Waals surface area contributed by atoms with Crippen molar-refractivity contribution in [1.29, 1.82) is 0 Å². The lowest BCUT2D eigenvalue weighted by Crippen LogP contribution is -2.09. The minimum Gasteiger partial charge on any atom is -0.222 e. The molecule has 0 aliphatic carbocycles. The first-order valence-electron chi connectivity index (χ1n) is 3.62. The maximum Gasteiger partial charge on any atom is 0.248 e. The van der Waals surface area contributed by atoms with Crippen LogP contribution in [0.25, 0.3) is 0 Å². The molecule has 0 aliphatic heterocycles. The highest BCUT2D eigenvalue weighted by Gasteiger charge is 2.15. The molecule has 4 nitrogen and oxygen atoms in total. The highest BCUT2D eigenvalue weighted by Crippen LogP contribution is 2.12. The molecule has 71 valence electrons. The van der Waals surface area contributed by atoms with Gasteiger partial charge >= 0.3 is 0 Å². The summed E-state index contributed by atoms with van der Waals surface area (Å²) in [5, 5.41) is 0.0342. The van der Waals surface area contributed by atoms with E-state index in [-0.39, 0.29) is 15.9 Å². The second-order valence-electron chi connectivity index (χ2n) is 2.42. The topological polar surface area (TPSA) is 59.9 Å². The lowest BCUT2D eigenvalue weighted by molar-refractivity contribution is 0.587. The van der Waals surface area contributed by atoms with E-state index in [0.29, 0.717) is 5.69 Å². The molecule has 0 fully saturated rings. The zero-order valence-corrected chi connectivity index (χ0v) is 8.78. The van der Waals surface area contributed by atoms with Gasteiger partial charge in [0, 0.05) is 0 Å². The van der Waals surface area contributed by atoms with Crippen LogP contribution in [0.5, 0.6) is 0 Å². The van der Waals surface area contributed by atoms with E-state index in [9.17, 15) is 8.42 Å². The van der Waals surface area contributed by atoms with Gasteiger partial charge in [0.15, 0.2) is 0 Å². The van der Waals surface area contributed by atoms with Gasteiger partial charge in [0.25, 0.3) is 0 Å². The molecule has 0 amide bonds. The SMILES string of the molecule is CCS(=O)(=O)c1n[c]c(Cl)c(C)n1. The van der Waals surface area contributed by atoms with Crippen molar-refractivity contribution >= 4 is 21.4 Å². The van der Waals surface area contributed by atoms with Crippen LogP contribution in [0.3, 0.4) is 0 Å². The number of sulfone groups is 1. The predicted octanol–water partition coefficient (Wildman–Crippen LogP) is 1.03. The van der Waals surface area contributed by atoms with Crippen LogP contribution in [0, 0.1) is 13.1 Å². The Balaban J connectivity index is 3.27. The van der Waals surface area contributed by atoms with Gasteiger partial charge in [-0.3, -0.25) is 0 Å². The molecular formula is C7H8ClN2O2S. The van der Waals surface area contributed by atoms with Crippen molar-refractivity contribution in [3.05, 3.63) is 16.9 Å². The Kier molecular flexibility index (Phi) is 2.87. The van der Waals surface area contributed by atoms with Gasteiger partial charge < -0.3 is 0 Å². The molecule has 0 bridgehead atoms. The van der Waals surface area contributed by atoms with E-state index in [1.54, 1.807) is 6.92 Å². The fourth-order valence-corrected chi connectivity index (χ4v) is 1.47. The molecule has 1 radical (unpaired) electrons. The number of aromatic nitrogens is 2. The van der Waals surface area contributed by atoms with Gasteiger partial charge in [0.1, 0.15) is 6.20 Å². The highest BCUT2D eigenvalue weighted by atomic mass is 35.5. The molecule has 1 heterocycles. The molecule has 0 saturated carbocycles. The third kappa shape index (κ3) is 2.16. The second kappa shape index (κ2) is 3.59. The van der Waals surface area contributed by atoms with Crippen molar-refractivity contribution < 1.29 is 8.42 Å². The van der Waals surface area contributed by atoms with Crippen LogP contribution in [0.4, 0.5) is 0 Å². The van der Waals surface area contributed by atoms with E-state index in [4.69, 9.17) is 11.6 Å². The lowest BCUT2D eigenvalue weighted by Gasteiger charge is -2.00. The van der Waals surface area contributed by atoms with E-state index in [2.05, 4.69) is 16.2 Å². The van der Waals surface area contributed by atoms with Gasteiger partial charge in [0.05, 0.1) is 16.5 Å². The molecule has 0 unspecified atom stereocenters. The number of aryl methyl sites for hydroxylation is 1. The van der Waals surface area contributed by atoms with Crippen LogP contribution < -0.4 is 0 Å². The number of rotatable bonds is 2. The summed E-state index contributed by atoms with van der Waals surface area (Å²) in [6.07, 6.45) is 2.38. The summed E-state index contributed by atoms with van der Waals surface area (Å²) < 4.78 is 22.6. The van der Waals surface area contributed by atoms with E-state index in [1.165, 1.54) is 6.92 Å². The number of hydrogen-bond donors (Lipinski definition) is 0. The normalized spacial score (nSPS) is 11.6. The molecule has 1 aromatic rings. The Labute approximate surface area is 81.9 Å². The fourth-order valence-electron chi connectivity index (χ4n) is 0.664. The van der Waals surface area contributed by atoms with Crippen molar-refractivity contribution in [3.8, 4) is 0 Å². The van der Waals surface area contributed by atoms with Gasteiger partial charge in [-0.05, 0) is 6.92 Å². The first-order valence-corrected chi connectivity index (χ1v) is 5.65. The Bertz CT molecular complexity index is 417. The van der Waals surface area contributed by atoms with Gasteiger partial charge in [-0.2, -0.15) is 0 Å². The quantitative estimate of drug-likeness (QED) is 0.698. The zero-order valence-electron chi connectivity index (χ0n) is 7.20. The summed E-state index contributed by atoms with van der Waals surface area (Å²) in [5.74, 6) is -0.0259. The number of nitrogens with zero attached hydrogens (tertiary/aromatic N) is 2. The molecule has 13 heavy (non-hydrogen) atoms. The molecule has 0 N–H and O–H groups in total. The van der Waals surface area contributed by atoms with Crippen LogP contribution in [0.2, 0.25) is 5.02 Å². The Morgan fingerprint density at radius 1 is 1.54 bits per heavy atom. The lowest BCUT2D eigenvalue weighted by atomic mass is 10.5. The monoisotopic (exact) mass is 219 g/mol. The van der Waals surface area contributed by atoms with Crippen molar-refractivity contribution in [1.82, 2.24) is 9.97 Å². The van der Waals surface area contributed by atoms with Gasteiger partial charge in [-0.1, -0.05) is 18.5 Å². The van der Waals surface area contributed by atoms with Crippen LogP contribution in [-0.2, 0) is 9.84 Å². The maximum absolute atomic E-state index is 11.3. The molecule has 0 spiro atoms. The molecule has 0 atom stereocenters. The minimum absolute atomic E-state index is 0.0259. The summed E-state index contributed by atoms with van der Waals surface area (Å²) in [6.45, 7) is 3.14. The van der Waals surface area contributed by atoms with Crippen LogP contribution in [-0.4, -0.2) is 24.1 Å². The molecule has 1 aromatic heterocycles. The Morgan fingerprint density at radius 2 is 2.15 bits per heavy atom. The predicted molar refractivity (Wildman–Crippen MR) is 48.3 cm³/mol. The maximum atomic E-state index is 11.3. The van der Waals surface area contributed by atoms with Crippen LogP contribution in [0.15, 0.2) is 5.16 Å². The summed E-state index contributed by atoms with van der Waals surface area (Å²) in [5.41, 5.74) is 0.420. The van der Waals surface area contributed by atoms with Crippen molar-refractivity contribution in [2.45, 2.75) is 19.0 Å². The standard InChI is InChI=1S/C7H8ClN2O2S/c1-3-13(11,12)7-9-4-6(8)5(2)10-7/h3H2,1-2H3. The molecule has 1 rings (SSSR count). The summed E-state index contributed by atoms with van der Waals surface area (Å²) in [7, 11) is -3.35. The Morgan fingerprint density at radius 3 is 2.62 bits per heavy atom. The average Bonchev–Trinajstić information content (AvgIpc) is 2.09. The van der Waals surface area contributed by atoms with Crippen molar-refractivity contribution in [2.75, 3.05) is 5.75 Å². The smallest absolute Gasteiger partial charge is 0.222 e. The second-order valence-corrected chi connectivity index (χ2v) is 4.97. The van der Waals surface area contributed by atoms with Gasteiger partial charge in [-0.25, -0.2) is 18.4 Å². The van der Waals surface area contributed by atoms with Crippen molar-refractivity contribution in [3.63, 3.8) is 0 Å². The molecule has 6 heteroatoms. The largest absolute Gasteiger partial charge is 0.248 e. The first kappa shape index (κ1) is 10.4. The fraction of sp³-hybridized carbons (Fsp3) is 0.429. The van der Waals surface area contributed by atoms with E-state index in [1.807, 2.05) is 0 Å². The summed E-state index contributed by atoms with van der Waals surface area (Å²) in [6, 6.07) is 0. The van der Waals surface area contributed by atoms with Crippen LogP contribution >= 0.6 is 11.6 Å². The highest BCUT2D eigenvalue weighted by molar-refractivity contribution is 7.91. The zero-order chi connectivity index (χ0) is 10.1. The average molecular weight is 220 g/mol. The molecule has 0 aliphatic rings. The number of halogens is 1. The molecule has 0 saturated heterocycles. The van der Waals surface area contributed by atoms with Crippen molar-refractivity contribution in [2.24, 2.45) is 0 Å². The van der Waals surface area contributed by atoms with Gasteiger partial charge in [-0.15, -0.1) is 0 Å². The number of hydrogen-bond acceptors (Lipinski definition) is 4. The molecule has 0 aromatic carbocycles. The summed E-state index contributed by atoms with van der Waals surface area (Å²) in [4.78, 5) is 7.28. The van der Waals surface area contributed by atoms with E-state index >= 15 is 0 Å². The third-order valence-electron chi connectivity index (χ3n) is 1.49. The van der Waals surface area contributed by atoms with Crippen LogP contribution in [0.1, 0.15) is 12.6 Å². The van der Waals surface area contributed by atoms with E-state index < -0.39 is 9.84 Å².